The second kappa shape index (κ2) is 17.2. The Morgan fingerprint density at radius 2 is 1.78 bits per heavy atom. The molecule has 1 unspecified atom stereocenters. The molecule has 0 amide bonds. The molecular weight excluding hydrogens is 464 g/mol. The Labute approximate surface area is 225 Å². The topological polar surface area (TPSA) is 29.4 Å². The summed E-state index contributed by atoms with van der Waals surface area (Å²) in [5.41, 5.74) is 4.61. The molecule has 206 valence electrons. The minimum Gasteiger partial charge on any atom is -0.295 e. The molecule has 2 nitrogen and oxygen atoms in total. The lowest BCUT2D eigenvalue weighted by Crippen LogP contribution is -2.21. The number of alkyl halides is 2. The lowest BCUT2D eigenvalue weighted by Gasteiger charge is -2.32. The van der Waals surface area contributed by atoms with Gasteiger partial charge in [-0.05, 0) is 81.8 Å². The van der Waals surface area contributed by atoms with Crippen LogP contribution in [-0.4, -0.2) is 12.0 Å². The largest absolute Gasteiger partial charge is 0.295 e. The molecule has 0 bridgehead atoms. The number of halogens is 2. The van der Waals surface area contributed by atoms with Crippen molar-refractivity contribution in [1.82, 2.24) is 0 Å². The molecule has 1 atom stereocenters. The van der Waals surface area contributed by atoms with E-state index in [4.69, 9.17) is 0 Å². The van der Waals surface area contributed by atoms with E-state index in [2.05, 4.69) is 37.1 Å². The van der Waals surface area contributed by atoms with Gasteiger partial charge in [0.1, 0.15) is 0 Å². The zero-order valence-electron chi connectivity index (χ0n) is 24.2. The Balaban J connectivity index is 0.000000277. The number of ketones is 1. The molecular formula is C33H49F2NO. The molecule has 37 heavy (non-hydrogen) atoms. The molecule has 4 heteroatoms. The highest BCUT2D eigenvalue weighted by Crippen LogP contribution is 2.38. The second-order valence-corrected chi connectivity index (χ2v) is 10.1. The number of hydrogen-bond donors (Lipinski definition) is 0. The number of hydrogen-bond acceptors (Lipinski definition) is 2. The maximum atomic E-state index is 12.7. The van der Waals surface area contributed by atoms with Crippen LogP contribution < -0.4 is 0 Å². The number of allylic oxidation sites excluding steroid dienone is 6. The van der Waals surface area contributed by atoms with E-state index in [-0.39, 0.29) is 11.3 Å². The molecule has 1 saturated carbocycles. The van der Waals surface area contributed by atoms with Crippen molar-refractivity contribution in [3.8, 4) is 0 Å². The Bertz CT molecular complexity index is 928. The van der Waals surface area contributed by atoms with Gasteiger partial charge in [-0.3, -0.25) is 9.79 Å². The predicted octanol–water partition coefficient (Wildman–Crippen LogP) is 10.2. The number of carbonyl (C=O) groups excluding carboxylic acids is 1. The quantitative estimate of drug-likeness (QED) is 0.238. The lowest BCUT2D eigenvalue weighted by atomic mass is 9.73. The van der Waals surface area contributed by atoms with Gasteiger partial charge in [0.2, 0.25) is 0 Å². The minimum absolute atomic E-state index is 0.0831. The predicted molar refractivity (Wildman–Crippen MR) is 155 cm³/mol. The summed E-state index contributed by atoms with van der Waals surface area (Å²) >= 11 is 0. The molecule has 1 aromatic carbocycles. The van der Waals surface area contributed by atoms with Crippen molar-refractivity contribution in [3.63, 3.8) is 0 Å². The normalized spacial score (nSPS) is 16.9. The van der Waals surface area contributed by atoms with Crippen molar-refractivity contribution < 1.29 is 13.6 Å². The van der Waals surface area contributed by atoms with Crippen LogP contribution in [0.2, 0.25) is 0 Å². The molecule has 0 saturated heterocycles. The van der Waals surface area contributed by atoms with E-state index >= 15 is 0 Å². The number of aryl methyl sites for hydroxylation is 1. The lowest BCUT2D eigenvalue weighted by molar-refractivity contribution is -0.113. The van der Waals surface area contributed by atoms with Gasteiger partial charge < -0.3 is 0 Å². The highest BCUT2D eigenvalue weighted by molar-refractivity contribution is 5.94. The first-order valence-corrected chi connectivity index (χ1v) is 14.1. The van der Waals surface area contributed by atoms with Gasteiger partial charge in [0.05, 0.1) is 0 Å². The van der Waals surface area contributed by atoms with E-state index < -0.39 is 5.92 Å². The number of Topliss-reactive ketones (excluding diaryl/α,β-unsaturated/α-hetero) is 1. The van der Waals surface area contributed by atoms with Gasteiger partial charge in [-0.15, -0.1) is 0 Å². The average Bonchev–Trinajstić information content (AvgIpc) is 2.84. The molecule has 0 radical (unpaired) electrons. The fraction of sp³-hybridized carbons (Fsp3) is 0.576. The van der Waals surface area contributed by atoms with Gasteiger partial charge >= 0.3 is 0 Å². The molecule has 3 rings (SSSR count). The van der Waals surface area contributed by atoms with Gasteiger partial charge in [0, 0.05) is 30.0 Å². The fourth-order valence-electron chi connectivity index (χ4n) is 4.56. The molecule has 1 fully saturated rings. The third-order valence-electron chi connectivity index (χ3n) is 7.17. The summed E-state index contributed by atoms with van der Waals surface area (Å²) in [5, 5.41) is 0. The van der Waals surface area contributed by atoms with Crippen LogP contribution in [0, 0.1) is 11.8 Å². The minimum atomic E-state index is -2.72. The Kier molecular flexibility index (Phi) is 15.2. The van der Waals surface area contributed by atoms with E-state index in [1.54, 1.807) is 30.8 Å². The number of aliphatic imine (C=N–C) groups is 1. The van der Waals surface area contributed by atoms with Crippen LogP contribution >= 0.6 is 0 Å². The third kappa shape index (κ3) is 11.7. The van der Waals surface area contributed by atoms with Crippen molar-refractivity contribution in [2.24, 2.45) is 16.8 Å². The first kappa shape index (κ1) is 32.7. The molecule has 0 aromatic heterocycles. The molecule has 0 spiro atoms. The average molecular weight is 514 g/mol. The standard InChI is InChI=1S/C12H18.C11H19NO.C10H12F2/c1-10(12-8-5-9-12)11-6-3-2-4-7-11;1-5-8-11(12-7-3)10(6-2)9(4)13;1-3-8-4-6-9(7-5-8)10(2,11)12/h3,6-7,10,12H,2,4-5,8-9H2,1H3;7H,5-6,8H2,1-4H3;4-7H,3H2,1-2H3/b;11-10-,12-7?;. The van der Waals surface area contributed by atoms with Crippen LogP contribution in [0.4, 0.5) is 8.78 Å². The van der Waals surface area contributed by atoms with Crippen LogP contribution in [0.1, 0.15) is 111 Å². The number of benzene rings is 1. The van der Waals surface area contributed by atoms with Crippen LogP contribution in [0.25, 0.3) is 0 Å². The van der Waals surface area contributed by atoms with Crippen molar-refractivity contribution in [1.29, 1.82) is 0 Å². The van der Waals surface area contributed by atoms with Gasteiger partial charge in [0.25, 0.3) is 5.92 Å². The fourth-order valence-corrected chi connectivity index (χ4v) is 4.56. The number of nitrogens with zero attached hydrogens (tertiary/aromatic N) is 1. The van der Waals surface area contributed by atoms with Crippen molar-refractivity contribution in [2.75, 3.05) is 0 Å². The van der Waals surface area contributed by atoms with Gasteiger partial charge in [-0.25, -0.2) is 8.78 Å². The first-order chi connectivity index (χ1) is 17.6. The van der Waals surface area contributed by atoms with Crippen molar-refractivity contribution >= 4 is 12.0 Å². The Morgan fingerprint density at radius 1 is 1.14 bits per heavy atom. The molecule has 0 heterocycles. The number of carbonyl (C=O) groups is 1. The second-order valence-electron chi connectivity index (χ2n) is 10.1. The maximum Gasteiger partial charge on any atom is 0.270 e. The number of rotatable bonds is 9. The Morgan fingerprint density at radius 3 is 2.16 bits per heavy atom. The SMILES string of the molecule is CC(C1=CCCC=C1)C1CCC1.CC=N/C(CCC)=C(/CC)C(C)=O.CCc1ccc(C(C)(F)F)cc1. The Hall–Kier alpha value is -2.36. The molecule has 0 aliphatic heterocycles. The monoisotopic (exact) mass is 513 g/mol. The molecule has 0 N–H and O–H groups in total. The van der Waals surface area contributed by atoms with Gasteiger partial charge in [0.15, 0.2) is 5.78 Å². The third-order valence-corrected chi connectivity index (χ3v) is 7.17. The first-order valence-electron chi connectivity index (χ1n) is 14.1. The summed E-state index contributed by atoms with van der Waals surface area (Å²) < 4.78 is 25.4. The van der Waals surface area contributed by atoms with Gasteiger partial charge in [-0.2, -0.15) is 0 Å². The van der Waals surface area contributed by atoms with Crippen molar-refractivity contribution in [2.45, 2.75) is 112 Å². The smallest absolute Gasteiger partial charge is 0.270 e. The zero-order valence-corrected chi connectivity index (χ0v) is 24.2. The van der Waals surface area contributed by atoms with Crippen LogP contribution in [-0.2, 0) is 17.1 Å². The van der Waals surface area contributed by atoms with Crippen LogP contribution in [0.5, 0.6) is 0 Å². The summed E-state index contributed by atoms with van der Waals surface area (Å²) in [4.78, 5) is 15.5. The highest BCUT2D eigenvalue weighted by Gasteiger charge is 2.25. The van der Waals surface area contributed by atoms with E-state index in [0.717, 1.165) is 61.3 Å². The van der Waals surface area contributed by atoms with E-state index in [1.165, 1.54) is 44.2 Å². The summed E-state index contributed by atoms with van der Waals surface area (Å²) in [6.07, 6.45) is 19.4. The highest BCUT2D eigenvalue weighted by atomic mass is 19.3. The van der Waals surface area contributed by atoms with Crippen molar-refractivity contribution in [3.05, 3.63) is 70.5 Å². The van der Waals surface area contributed by atoms with Crippen LogP contribution in [0.15, 0.2) is 64.3 Å². The zero-order chi connectivity index (χ0) is 27.8. The summed E-state index contributed by atoms with van der Waals surface area (Å²) in [6, 6.07) is 6.46. The van der Waals surface area contributed by atoms with Crippen LogP contribution in [0.3, 0.4) is 0 Å². The molecule has 2 aliphatic carbocycles. The summed E-state index contributed by atoms with van der Waals surface area (Å²) in [7, 11) is 0. The van der Waals surface area contributed by atoms with Gasteiger partial charge in [-0.1, -0.05) is 83.0 Å². The van der Waals surface area contributed by atoms with E-state index in [0.29, 0.717) is 0 Å². The van der Waals surface area contributed by atoms with E-state index in [1.807, 2.05) is 20.8 Å². The molecule has 1 aromatic rings. The maximum absolute atomic E-state index is 12.7. The molecule has 2 aliphatic rings. The summed E-state index contributed by atoms with van der Waals surface area (Å²) in [5.74, 6) is -0.738. The van der Waals surface area contributed by atoms with E-state index in [9.17, 15) is 13.6 Å². The summed E-state index contributed by atoms with van der Waals surface area (Å²) in [6.45, 7) is 12.9.